The monoisotopic (exact) mass is 215 g/mol. The quantitative estimate of drug-likeness (QED) is 0.652. The van der Waals surface area contributed by atoms with E-state index in [1.807, 2.05) is 6.92 Å². The molecule has 0 aromatic carbocycles. The molecule has 0 saturated carbocycles. The van der Waals surface area contributed by atoms with Crippen LogP contribution in [0.4, 0.5) is 0 Å². The van der Waals surface area contributed by atoms with Gasteiger partial charge in [-0.1, -0.05) is 27.2 Å². The van der Waals surface area contributed by atoms with Crippen LogP contribution in [0, 0.1) is 5.92 Å². The maximum absolute atomic E-state index is 9.30. The molecular weight excluding hydrogens is 186 g/mol. The van der Waals surface area contributed by atoms with Crippen molar-refractivity contribution in [2.24, 2.45) is 5.92 Å². The predicted molar refractivity (Wildman–Crippen MR) is 67.0 cm³/mol. The maximum Gasteiger partial charge on any atom is 0.0526 e. The first kappa shape index (κ1) is 14.9. The van der Waals surface area contributed by atoms with Crippen molar-refractivity contribution >= 4 is 0 Å². The highest BCUT2D eigenvalue weighted by atomic mass is 16.3. The average Bonchev–Trinajstić information content (AvgIpc) is 2.15. The molecule has 0 fully saturated rings. The number of hydrogen-bond donors (Lipinski definition) is 2. The highest BCUT2D eigenvalue weighted by molar-refractivity contribution is 4.73. The molecule has 92 valence electrons. The largest absolute Gasteiger partial charge is 0.393 e. The van der Waals surface area contributed by atoms with Crippen LogP contribution >= 0.6 is 0 Å². The zero-order valence-electron chi connectivity index (χ0n) is 11.1. The molecule has 0 aliphatic rings. The number of aliphatic hydroxyl groups excluding tert-OH is 1. The lowest BCUT2D eigenvalue weighted by Crippen LogP contribution is -2.38. The third-order valence-corrected chi connectivity index (χ3v) is 3.09. The topological polar surface area (TPSA) is 32.3 Å². The highest BCUT2D eigenvalue weighted by Gasteiger charge is 2.14. The molecule has 0 bridgehead atoms. The Morgan fingerprint density at radius 3 is 2.00 bits per heavy atom. The smallest absolute Gasteiger partial charge is 0.0526 e. The number of nitrogens with one attached hydrogen (secondary N) is 1. The Balaban J connectivity index is 3.87. The van der Waals surface area contributed by atoms with E-state index < -0.39 is 0 Å². The Bertz CT molecular complexity index is 147. The second kappa shape index (κ2) is 8.12. The van der Waals surface area contributed by atoms with Gasteiger partial charge in [-0.15, -0.1) is 0 Å². The van der Waals surface area contributed by atoms with Gasteiger partial charge in [0, 0.05) is 12.1 Å². The van der Waals surface area contributed by atoms with Crippen LogP contribution in [0.15, 0.2) is 0 Å². The summed E-state index contributed by atoms with van der Waals surface area (Å²) in [6.07, 6.45) is 4.32. The SMILES string of the molecule is CCC(C)CC(CC)NC(C)CC(C)O. The van der Waals surface area contributed by atoms with Gasteiger partial charge in [-0.25, -0.2) is 0 Å². The molecule has 0 radical (unpaired) electrons. The van der Waals surface area contributed by atoms with Crippen LogP contribution in [-0.4, -0.2) is 23.3 Å². The van der Waals surface area contributed by atoms with Gasteiger partial charge in [-0.3, -0.25) is 0 Å². The minimum Gasteiger partial charge on any atom is -0.393 e. The summed E-state index contributed by atoms with van der Waals surface area (Å²) in [7, 11) is 0. The third-order valence-electron chi connectivity index (χ3n) is 3.09. The van der Waals surface area contributed by atoms with Crippen molar-refractivity contribution in [2.75, 3.05) is 0 Å². The van der Waals surface area contributed by atoms with E-state index >= 15 is 0 Å². The van der Waals surface area contributed by atoms with Gasteiger partial charge in [0.25, 0.3) is 0 Å². The van der Waals surface area contributed by atoms with Crippen molar-refractivity contribution in [3.63, 3.8) is 0 Å². The average molecular weight is 215 g/mol. The maximum atomic E-state index is 9.30. The first-order valence-corrected chi connectivity index (χ1v) is 6.43. The lowest BCUT2D eigenvalue weighted by Gasteiger charge is -2.25. The van der Waals surface area contributed by atoms with Gasteiger partial charge in [0.1, 0.15) is 0 Å². The molecule has 0 spiro atoms. The van der Waals surface area contributed by atoms with E-state index in [0.29, 0.717) is 12.1 Å². The van der Waals surface area contributed by atoms with Gasteiger partial charge in [0.2, 0.25) is 0 Å². The molecule has 0 saturated heterocycles. The zero-order chi connectivity index (χ0) is 11.8. The fraction of sp³-hybridized carbons (Fsp3) is 1.00. The van der Waals surface area contributed by atoms with Gasteiger partial charge < -0.3 is 10.4 Å². The van der Waals surface area contributed by atoms with E-state index in [1.54, 1.807) is 0 Å². The van der Waals surface area contributed by atoms with E-state index in [-0.39, 0.29) is 6.10 Å². The molecule has 4 atom stereocenters. The predicted octanol–water partition coefficient (Wildman–Crippen LogP) is 2.95. The van der Waals surface area contributed by atoms with E-state index in [1.165, 1.54) is 19.3 Å². The molecule has 2 nitrogen and oxygen atoms in total. The van der Waals surface area contributed by atoms with E-state index in [4.69, 9.17) is 0 Å². The molecule has 0 rings (SSSR count). The minimum atomic E-state index is -0.200. The van der Waals surface area contributed by atoms with Crippen molar-refractivity contribution in [3.05, 3.63) is 0 Å². The Morgan fingerprint density at radius 2 is 1.60 bits per heavy atom. The summed E-state index contributed by atoms with van der Waals surface area (Å²) >= 11 is 0. The molecule has 2 N–H and O–H groups in total. The van der Waals surface area contributed by atoms with Gasteiger partial charge >= 0.3 is 0 Å². The van der Waals surface area contributed by atoms with Crippen LogP contribution in [0.2, 0.25) is 0 Å². The molecule has 15 heavy (non-hydrogen) atoms. The normalized spacial score (nSPS) is 19.6. The van der Waals surface area contributed by atoms with E-state index in [2.05, 4.69) is 33.0 Å². The summed E-state index contributed by atoms with van der Waals surface area (Å²) in [6.45, 7) is 10.8. The van der Waals surface area contributed by atoms with Crippen molar-refractivity contribution in [1.82, 2.24) is 5.32 Å². The van der Waals surface area contributed by atoms with Crippen molar-refractivity contribution in [2.45, 2.75) is 78.5 Å². The summed E-state index contributed by atoms with van der Waals surface area (Å²) in [5, 5.41) is 12.9. The third kappa shape index (κ3) is 7.80. The molecule has 0 amide bonds. The van der Waals surface area contributed by atoms with Crippen molar-refractivity contribution in [1.29, 1.82) is 0 Å². The van der Waals surface area contributed by atoms with E-state index in [9.17, 15) is 5.11 Å². The summed E-state index contributed by atoms with van der Waals surface area (Å²) in [5.74, 6) is 0.793. The minimum absolute atomic E-state index is 0.200. The van der Waals surface area contributed by atoms with Crippen LogP contribution in [0.1, 0.15) is 60.3 Å². The molecule has 0 aromatic rings. The van der Waals surface area contributed by atoms with Gasteiger partial charge in [0.15, 0.2) is 0 Å². The van der Waals surface area contributed by atoms with E-state index in [0.717, 1.165) is 12.3 Å². The molecule has 0 aliphatic carbocycles. The summed E-state index contributed by atoms with van der Waals surface area (Å²) in [5.41, 5.74) is 0. The zero-order valence-corrected chi connectivity index (χ0v) is 11.1. The molecule has 4 unspecified atom stereocenters. The highest BCUT2D eigenvalue weighted by Crippen LogP contribution is 2.13. The van der Waals surface area contributed by atoms with Crippen LogP contribution < -0.4 is 5.32 Å². The molecule has 0 heterocycles. The van der Waals surface area contributed by atoms with Crippen molar-refractivity contribution < 1.29 is 5.11 Å². The molecule has 2 heteroatoms. The molecular formula is C13H29NO. The summed E-state index contributed by atoms with van der Waals surface area (Å²) in [6, 6.07) is 1.02. The van der Waals surface area contributed by atoms with Crippen molar-refractivity contribution in [3.8, 4) is 0 Å². The number of aliphatic hydroxyl groups is 1. The fourth-order valence-corrected chi connectivity index (χ4v) is 1.99. The van der Waals surface area contributed by atoms with Crippen LogP contribution in [0.5, 0.6) is 0 Å². The lowest BCUT2D eigenvalue weighted by molar-refractivity contribution is 0.166. The van der Waals surface area contributed by atoms with Gasteiger partial charge in [-0.05, 0) is 39.0 Å². The molecule has 0 aliphatic heterocycles. The lowest BCUT2D eigenvalue weighted by atomic mass is 9.97. The Labute approximate surface area is 95.5 Å². The molecule has 0 aromatic heterocycles. The first-order chi connectivity index (χ1) is 6.99. The number of rotatable bonds is 8. The van der Waals surface area contributed by atoms with Crippen LogP contribution in [0.25, 0.3) is 0 Å². The number of hydrogen-bond acceptors (Lipinski definition) is 2. The van der Waals surface area contributed by atoms with Crippen LogP contribution in [-0.2, 0) is 0 Å². The first-order valence-electron chi connectivity index (χ1n) is 6.43. The van der Waals surface area contributed by atoms with Gasteiger partial charge in [-0.2, -0.15) is 0 Å². The fourth-order valence-electron chi connectivity index (χ4n) is 1.99. The second-order valence-corrected chi connectivity index (χ2v) is 5.01. The Morgan fingerprint density at radius 1 is 1.00 bits per heavy atom. The standard InChI is InChI=1S/C13H29NO/c1-6-10(3)8-13(7-2)14-11(4)9-12(5)15/h10-15H,6-9H2,1-5H3. The Hall–Kier alpha value is -0.0800. The summed E-state index contributed by atoms with van der Waals surface area (Å²) in [4.78, 5) is 0. The Kier molecular flexibility index (Phi) is 8.07. The van der Waals surface area contributed by atoms with Gasteiger partial charge in [0.05, 0.1) is 6.10 Å². The second-order valence-electron chi connectivity index (χ2n) is 5.01. The summed E-state index contributed by atoms with van der Waals surface area (Å²) < 4.78 is 0. The van der Waals surface area contributed by atoms with Crippen LogP contribution in [0.3, 0.4) is 0 Å².